The Hall–Kier alpha value is -1.61. The third-order valence-corrected chi connectivity index (χ3v) is 4.62. The van der Waals surface area contributed by atoms with Crippen molar-refractivity contribution in [1.82, 2.24) is 10.3 Å². The molecule has 1 aromatic heterocycles. The van der Waals surface area contributed by atoms with Crippen molar-refractivity contribution in [3.8, 4) is 0 Å². The van der Waals surface area contributed by atoms with Crippen molar-refractivity contribution in [3.05, 3.63) is 35.9 Å². The van der Waals surface area contributed by atoms with Crippen molar-refractivity contribution in [2.45, 2.75) is 45.7 Å². The average Bonchev–Trinajstić information content (AvgIpc) is 2.53. The van der Waals surface area contributed by atoms with Gasteiger partial charge in [-0.3, -0.25) is 0 Å². The normalized spacial score (nSPS) is 22.7. The second-order valence-corrected chi connectivity index (χ2v) is 6.05. The molecule has 0 radical (unpaired) electrons. The van der Waals surface area contributed by atoms with Crippen LogP contribution in [0.1, 0.15) is 32.3 Å². The highest BCUT2D eigenvalue weighted by Crippen LogP contribution is 2.27. The molecule has 3 heteroatoms. The van der Waals surface area contributed by atoms with Gasteiger partial charge in [-0.15, -0.1) is 0 Å². The van der Waals surface area contributed by atoms with Crippen LogP contribution in [-0.2, 0) is 0 Å². The number of rotatable bonds is 3. The number of aryl methyl sites for hydroxylation is 1. The van der Waals surface area contributed by atoms with Crippen LogP contribution in [0.2, 0.25) is 0 Å². The van der Waals surface area contributed by atoms with E-state index in [1.54, 1.807) is 0 Å². The lowest BCUT2D eigenvalue weighted by Crippen LogP contribution is -2.56. The van der Waals surface area contributed by atoms with E-state index in [-0.39, 0.29) is 0 Å². The molecule has 2 unspecified atom stereocenters. The first-order valence-corrected chi connectivity index (χ1v) is 8.09. The molecule has 1 fully saturated rings. The first kappa shape index (κ1) is 14.3. The van der Waals surface area contributed by atoms with Crippen LogP contribution in [0.15, 0.2) is 30.3 Å². The standard InChI is InChI=1S/C18H25N3/c1-4-15-12-21(16(5-2)11-19-15)18-13(3)10-14-8-6-7-9-17(14)20-18/h6-10,15-16,19H,4-5,11-12H2,1-3H3. The molecular weight excluding hydrogens is 258 g/mol. The average molecular weight is 283 g/mol. The van der Waals surface area contributed by atoms with E-state index in [1.165, 1.54) is 23.2 Å². The van der Waals surface area contributed by atoms with Gasteiger partial charge in [0.05, 0.1) is 5.52 Å². The van der Waals surface area contributed by atoms with E-state index >= 15 is 0 Å². The monoisotopic (exact) mass is 283 g/mol. The number of hydrogen-bond acceptors (Lipinski definition) is 3. The number of anilines is 1. The molecular formula is C18H25N3. The number of pyridine rings is 1. The van der Waals surface area contributed by atoms with Crippen LogP contribution < -0.4 is 10.2 Å². The summed E-state index contributed by atoms with van der Waals surface area (Å²) in [7, 11) is 0. The van der Waals surface area contributed by atoms with Crippen molar-refractivity contribution in [1.29, 1.82) is 0 Å². The van der Waals surface area contributed by atoms with Crippen molar-refractivity contribution in [2.24, 2.45) is 0 Å². The molecule has 21 heavy (non-hydrogen) atoms. The van der Waals surface area contributed by atoms with Crippen LogP contribution >= 0.6 is 0 Å². The van der Waals surface area contributed by atoms with Gasteiger partial charge in [0.1, 0.15) is 5.82 Å². The molecule has 2 atom stereocenters. The Morgan fingerprint density at radius 1 is 1.24 bits per heavy atom. The minimum absolute atomic E-state index is 0.542. The van der Waals surface area contributed by atoms with Gasteiger partial charge in [-0.2, -0.15) is 0 Å². The van der Waals surface area contributed by atoms with Gasteiger partial charge in [0.2, 0.25) is 0 Å². The summed E-state index contributed by atoms with van der Waals surface area (Å²) < 4.78 is 0. The molecule has 1 saturated heterocycles. The molecule has 0 aliphatic carbocycles. The summed E-state index contributed by atoms with van der Waals surface area (Å²) in [5, 5.41) is 4.89. The van der Waals surface area contributed by atoms with Crippen molar-refractivity contribution >= 4 is 16.7 Å². The van der Waals surface area contributed by atoms with Crippen LogP contribution in [0.4, 0.5) is 5.82 Å². The van der Waals surface area contributed by atoms with E-state index in [0.29, 0.717) is 12.1 Å². The first-order valence-electron chi connectivity index (χ1n) is 8.09. The largest absolute Gasteiger partial charge is 0.351 e. The Bertz CT molecular complexity index is 623. The van der Waals surface area contributed by atoms with Crippen LogP contribution in [0.3, 0.4) is 0 Å². The highest BCUT2D eigenvalue weighted by atomic mass is 15.3. The number of piperazine rings is 1. The first-order chi connectivity index (χ1) is 10.2. The van der Waals surface area contributed by atoms with Crippen molar-refractivity contribution in [3.63, 3.8) is 0 Å². The second kappa shape index (κ2) is 6.02. The van der Waals surface area contributed by atoms with E-state index in [2.05, 4.69) is 61.3 Å². The van der Waals surface area contributed by atoms with Crippen LogP contribution in [-0.4, -0.2) is 30.2 Å². The lowest BCUT2D eigenvalue weighted by Gasteiger charge is -2.41. The van der Waals surface area contributed by atoms with Gasteiger partial charge in [-0.25, -0.2) is 4.98 Å². The molecule has 0 spiro atoms. The third kappa shape index (κ3) is 2.75. The molecule has 2 heterocycles. The summed E-state index contributed by atoms with van der Waals surface area (Å²) in [5.74, 6) is 1.17. The fraction of sp³-hybridized carbons (Fsp3) is 0.500. The molecule has 3 rings (SSSR count). The number of fused-ring (bicyclic) bond motifs is 1. The Morgan fingerprint density at radius 3 is 2.81 bits per heavy atom. The van der Waals surface area contributed by atoms with E-state index in [9.17, 15) is 0 Å². The lowest BCUT2D eigenvalue weighted by atomic mass is 10.0. The number of para-hydroxylation sites is 1. The summed E-state index contributed by atoms with van der Waals surface area (Å²) in [6, 6.07) is 11.8. The van der Waals surface area contributed by atoms with E-state index in [4.69, 9.17) is 4.98 Å². The number of nitrogens with zero attached hydrogens (tertiary/aromatic N) is 2. The van der Waals surface area contributed by atoms with Gasteiger partial charge >= 0.3 is 0 Å². The van der Waals surface area contributed by atoms with Gasteiger partial charge in [0.15, 0.2) is 0 Å². The van der Waals surface area contributed by atoms with Gasteiger partial charge in [-0.05, 0) is 37.5 Å². The molecule has 0 amide bonds. The van der Waals surface area contributed by atoms with E-state index in [0.717, 1.165) is 25.0 Å². The predicted molar refractivity (Wildman–Crippen MR) is 90.0 cm³/mol. The number of hydrogen-bond donors (Lipinski definition) is 1. The van der Waals surface area contributed by atoms with Gasteiger partial charge < -0.3 is 10.2 Å². The Balaban J connectivity index is 2.02. The van der Waals surface area contributed by atoms with Gasteiger partial charge in [0, 0.05) is 30.6 Å². The van der Waals surface area contributed by atoms with E-state index in [1.807, 2.05) is 0 Å². The maximum absolute atomic E-state index is 4.96. The van der Waals surface area contributed by atoms with E-state index < -0.39 is 0 Å². The molecule has 1 aromatic carbocycles. The molecule has 112 valence electrons. The number of aromatic nitrogens is 1. The number of benzene rings is 1. The smallest absolute Gasteiger partial charge is 0.132 e. The minimum Gasteiger partial charge on any atom is -0.351 e. The molecule has 1 aliphatic rings. The summed E-state index contributed by atoms with van der Waals surface area (Å²) in [6.45, 7) is 8.82. The fourth-order valence-corrected chi connectivity index (χ4v) is 3.26. The topological polar surface area (TPSA) is 28.2 Å². The molecule has 2 aromatic rings. The highest BCUT2D eigenvalue weighted by molar-refractivity contribution is 5.81. The lowest BCUT2D eigenvalue weighted by molar-refractivity contribution is 0.376. The molecule has 3 nitrogen and oxygen atoms in total. The van der Waals surface area contributed by atoms with Crippen molar-refractivity contribution < 1.29 is 0 Å². The van der Waals surface area contributed by atoms with Crippen LogP contribution in [0.5, 0.6) is 0 Å². The maximum atomic E-state index is 4.96. The van der Waals surface area contributed by atoms with Crippen LogP contribution in [0.25, 0.3) is 10.9 Å². The zero-order chi connectivity index (χ0) is 14.8. The maximum Gasteiger partial charge on any atom is 0.132 e. The Morgan fingerprint density at radius 2 is 2.05 bits per heavy atom. The summed E-state index contributed by atoms with van der Waals surface area (Å²) in [6.07, 6.45) is 2.32. The SMILES string of the molecule is CCC1CN(c2nc3ccccc3cc2C)C(CC)CN1. The summed E-state index contributed by atoms with van der Waals surface area (Å²) in [4.78, 5) is 7.48. The third-order valence-electron chi connectivity index (χ3n) is 4.62. The second-order valence-electron chi connectivity index (χ2n) is 6.05. The quantitative estimate of drug-likeness (QED) is 0.934. The molecule has 0 saturated carbocycles. The van der Waals surface area contributed by atoms with Gasteiger partial charge in [0.25, 0.3) is 0 Å². The molecule has 0 bridgehead atoms. The van der Waals surface area contributed by atoms with Crippen LogP contribution in [0, 0.1) is 6.92 Å². The number of nitrogens with one attached hydrogen (secondary N) is 1. The summed E-state index contributed by atoms with van der Waals surface area (Å²) in [5.41, 5.74) is 2.38. The summed E-state index contributed by atoms with van der Waals surface area (Å²) >= 11 is 0. The zero-order valence-electron chi connectivity index (χ0n) is 13.3. The Labute approximate surface area is 127 Å². The molecule has 1 N–H and O–H groups in total. The fourth-order valence-electron chi connectivity index (χ4n) is 3.26. The van der Waals surface area contributed by atoms with Gasteiger partial charge in [-0.1, -0.05) is 32.0 Å². The van der Waals surface area contributed by atoms with Crippen molar-refractivity contribution in [2.75, 3.05) is 18.0 Å². The predicted octanol–water partition coefficient (Wildman–Crippen LogP) is 3.51. The molecule has 1 aliphatic heterocycles. The zero-order valence-corrected chi connectivity index (χ0v) is 13.3. The minimum atomic E-state index is 0.542. The highest BCUT2D eigenvalue weighted by Gasteiger charge is 2.27. The Kier molecular flexibility index (Phi) is 4.11.